The van der Waals surface area contributed by atoms with E-state index in [4.69, 9.17) is 9.47 Å². The lowest BCUT2D eigenvalue weighted by atomic mass is 10.1. The highest BCUT2D eigenvalue weighted by molar-refractivity contribution is 7.10. The van der Waals surface area contributed by atoms with Crippen LogP contribution in [0.2, 0.25) is 0 Å². The standard InChI is InChI=1S/C20H25N3O4S/c1-26-18(27-2)13-22-20(25)19(24)21-12-16(17-8-5-11-28-17)23-10-9-14-6-3-4-7-15(14)23/h3-8,11,16,18H,9-10,12-13H2,1-2H3,(H,21,24)(H,22,25)/t16-/m1/s1. The number of hydrogen-bond acceptors (Lipinski definition) is 6. The van der Waals surface area contributed by atoms with Crippen LogP contribution in [0.5, 0.6) is 0 Å². The summed E-state index contributed by atoms with van der Waals surface area (Å²) < 4.78 is 10.0. The van der Waals surface area contributed by atoms with Crippen LogP contribution in [0.4, 0.5) is 5.69 Å². The Morgan fingerprint density at radius 1 is 1.07 bits per heavy atom. The maximum atomic E-state index is 12.2. The fraction of sp³-hybridized carbons (Fsp3) is 0.400. The second-order valence-electron chi connectivity index (χ2n) is 6.42. The van der Waals surface area contributed by atoms with Gasteiger partial charge in [0.1, 0.15) is 0 Å². The van der Waals surface area contributed by atoms with Gasteiger partial charge in [-0.1, -0.05) is 24.3 Å². The van der Waals surface area contributed by atoms with Gasteiger partial charge in [-0.25, -0.2) is 0 Å². The van der Waals surface area contributed by atoms with Gasteiger partial charge in [-0.15, -0.1) is 11.3 Å². The van der Waals surface area contributed by atoms with Gasteiger partial charge in [0.2, 0.25) is 0 Å². The van der Waals surface area contributed by atoms with E-state index in [0.29, 0.717) is 6.54 Å². The summed E-state index contributed by atoms with van der Waals surface area (Å²) in [5, 5.41) is 7.31. The first kappa shape index (κ1) is 20.3. The minimum absolute atomic E-state index is 0.0221. The molecule has 1 aromatic heterocycles. The molecule has 0 spiro atoms. The highest BCUT2D eigenvalue weighted by atomic mass is 32.1. The molecule has 1 atom stereocenters. The summed E-state index contributed by atoms with van der Waals surface area (Å²) in [6, 6.07) is 12.3. The van der Waals surface area contributed by atoms with E-state index >= 15 is 0 Å². The zero-order valence-electron chi connectivity index (χ0n) is 16.0. The minimum Gasteiger partial charge on any atom is -0.361 e. The topological polar surface area (TPSA) is 79.9 Å². The van der Waals surface area contributed by atoms with Crippen molar-refractivity contribution in [3.05, 3.63) is 52.2 Å². The van der Waals surface area contributed by atoms with Crippen LogP contribution in [0.3, 0.4) is 0 Å². The number of carbonyl (C=O) groups excluding carboxylic acids is 2. The van der Waals surface area contributed by atoms with Crippen molar-refractivity contribution in [2.24, 2.45) is 0 Å². The predicted molar refractivity (Wildman–Crippen MR) is 108 cm³/mol. The molecule has 0 radical (unpaired) electrons. The number of thiophene rings is 1. The number of anilines is 1. The van der Waals surface area contributed by atoms with Crippen LogP contribution < -0.4 is 15.5 Å². The van der Waals surface area contributed by atoms with Crippen LogP contribution in [-0.4, -0.2) is 52.0 Å². The molecule has 7 nitrogen and oxygen atoms in total. The van der Waals surface area contributed by atoms with Crippen LogP contribution in [0, 0.1) is 0 Å². The van der Waals surface area contributed by atoms with Crippen molar-refractivity contribution >= 4 is 28.8 Å². The number of nitrogens with zero attached hydrogens (tertiary/aromatic N) is 1. The van der Waals surface area contributed by atoms with E-state index < -0.39 is 18.1 Å². The summed E-state index contributed by atoms with van der Waals surface area (Å²) in [6.07, 6.45) is 0.388. The van der Waals surface area contributed by atoms with Crippen LogP contribution in [-0.2, 0) is 25.5 Å². The molecule has 0 saturated carbocycles. The number of amides is 2. The van der Waals surface area contributed by atoms with Gasteiger partial charge in [-0.2, -0.15) is 0 Å². The smallest absolute Gasteiger partial charge is 0.309 e. The molecule has 8 heteroatoms. The number of para-hydroxylation sites is 1. The van der Waals surface area contributed by atoms with Crippen LogP contribution >= 0.6 is 11.3 Å². The zero-order chi connectivity index (χ0) is 19.9. The number of benzene rings is 1. The average Bonchev–Trinajstić information content (AvgIpc) is 3.39. The fourth-order valence-corrected chi connectivity index (χ4v) is 4.16. The van der Waals surface area contributed by atoms with E-state index in [9.17, 15) is 9.59 Å². The van der Waals surface area contributed by atoms with Gasteiger partial charge in [-0.3, -0.25) is 9.59 Å². The molecule has 1 aliphatic heterocycles. The molecule has 0 aliphatic carbocycles. The Kier molecular flexibility index (Phi) is 7.02. The molecule has 3 rings (SSSR count). The molecule has 28 heavy (non-hydrogen) atoms. The molecule has 1 aromatic carbocycles. The highest BCUT2D eigenvalue weighted by Gasteiger charge is 2.28. The summed E-state index contributed by atoms with van der Waals surface area (Å²) >= 11 is 1.65. The Morgan fingerprint density at radius 3 is 2.46 bits per heavy atom. The monoisotopic (exact) mass is 403 g/mol. The number of nitrogens with one attached hydrogen (secondary N) is 2. The maximum Gasteiger partial charge on any atom is 0.309 e. The number of rotatable bonds is 8. The van der Waals surface area contributed by atoms with Crippen molar-refractivity contribution < 1.29 is 19.1 Å². The van der Waals surface area contributed by atoms with Gasteiger partial charge in [0, 0.05) is 37.9 Å². The first-order chi connectivity index (χ1) is 13.6. The molecule has 2 N–H and O–H groups in total. The van der Waals surface area contributed by atoms with Gasteiger partial charge in [0.25, 0.3) is 0 Å². The molecule has 0 unspecified atom stereocenters. The Bertz CT molecular complexity index is 793. The Hall–Kier alpha value is -2.42. The van der Waals surface area contributed by atoms with Crippen molar-refractivity contribution in [1.82, 2.24) is 10.6 Å². The number of ether oxygens (including phenoxy) is 2. The first-order valence-corrected chi connectivity index (χ1v) is 10.0. The fourth-order valence-electron chi connectivity index (χ4n) is 3.32. The lowest BCUT2D eigenvalue weighted by Crippen LogP contribution is -2.46. The Labute approximate surface area is 168 Å². The number of hydrogen-bond donors (Lipinski definition) is 2. The number of fused-ring (bicyclic) bond motifs is 1. The SMILES string of the molecule is COC(CNC(=O)C(=O)NC[C@H](c1cccs1)N1CCc2ccccc21)OC. The van der Waals surface area contributed by atoms with E-state index in [1.165, 1.54) is 25.5 Å². The second-order valence-corrected chi connectivity index (χ2v) is 7.40. The molecular weight excluding hydrogens is 378 g/mol. The molecule has 150 valence electrons. The molecule has 2 aromatic rings. The Morgan fingerprint density at radius 2 is 1.79 bits per heavy atom. The summed E-state index contributed by atoms with van der Waals surface area (Å²) in [5.74, 6) is -1.37. The van der Waals surface area contributed by atoms with E-state index in [-0.39, 0.29) is 12.6 Å². The minimum atomic E-state index is -0.703. The van der Waals surface area contributed by atoms with E-state index in [0.717, 1.165) is 17.8 Å². The third kappa shape index (κ3) is 4.70. The summed E-state index contributed by atoms with van der Waals surface area (Å²) in [4.78, 5) is 27.7. The molecule has 0 bridgehead atoms. The van der Waals surface area contributed by atoms with Gasteiger partial charge in [-0.05, 0) is 29.5 Å². The van der Waals surface area contributed by atoms with E-state index in [2.05, 4.69) is 33.7 Å². The lowest BCUT2D eigenvalue weighted by molar-refractivity contribution is -0.141. The summed E-state index contributed by atoms with van der Waals surface area (Å²) in [5.41, 5.74) is 2.49. The quantitative estimate of drug-likeness (QED) is 0.518. The molecule has 0 saturated heterocycles. The molecular formula is C20H25N3O4S. The average molecular weight is 404 g/mol. The van der Waals surface area contributed by atoms with Crippen molar-refractivity contribution in [3.63, 3.8) is 0 Å². The third-order valence-electron chi connectivity index (χ3n) is 4.79. The van der Waals surface area contributed by atoms with Gasteiger partial charge >= 0.3 is 11.8 Å². The maximum absolute atomic E-state index is 12.2. The van der Waals surface area contributed by atoms with Crippen molar-refractivity contribution in [3.8, 4) is 0 Å². The van der Waals surface area contributed by atoms with Gasteiger partial charge in [0.15, 0.2) is 6.29 Å². The van der Waals surface area contributed by atoms with Crippen molar-refractivity contribution in [2.45, 2.75) is 18.8 Å². The summed E-state index contributed by atoms with van der Waals surface area (Å²) in [6.45, 7) is 1.33. The van der Waals surface area contributed by atoms with Gasteiger partial charge in [0.05, 0.1) is 12.6 Å². The molecule has 2 heterocycles. The van der Waals surface area contributed by atoms with Crippen molar-refractivity contribution in [1.29, 1.82) is 0 Å². The largest absolute Gasteiger partial charge is 0.361 e. The zero-order valence-corrected chi connectivity index (χ0v) is 16.8. The van der Waals surface area contributed by atoms with E-state index in [1.54, 1.807) is 11.3 Å². The number of methoxy groups -OCH3 is 2. The normalized spacial score (nSPS) is 14.0. The van der Waals surface area contributed by atoms with E-state index in [1.807, 2.05) is 23.6 Å². The molecule has 1 aliphatic rings. The van der Waals surface area contributed by atoms with Crippen LogP contribution in [0.15, 0.2) is 41.8 Å². The van der Waals surface area contributed by atoms with Crippen LogP contribution in [0.1, 0.15) is 16.5 Å². The lowest BCUT2D eigenvalue weighted by Gasteiger charge is -2.30. The molecule has 2 amide bonds. The third-order valence-corrected chi connectivity index (χ3v) is 5.76. The summed E-state index contributed by atoms with van der Waals surface area (Å²) in [7, 11) is 2.94. The second kappa shape index (κ2) is 9.68. The number of carbonyl (C=O) groups is 2. The van der Waals surface area contributed by atoms with Crippen molar-refractivity contribution in [2.75, 3.05) is 38.8 Å². The highest BCUT2D eigenvalue weighted by Crippen LogP contribution is 2.36. The first-order valence-electron chi connectivity index (χ1n) is 9.13. The Balaban J connectivity index is 1.64. The van der Waals surface area contributed by atoms with Crippen LogP contribution in [0.25, 0.3) is 0 Å². The molecule has 0 fully saturated rings. The van der Waals surface area contributed by atoms with Gasteiger partial charge < -0.3 is 25.0 Å². The predicted octanol–water partition coefficient (Wildman–Crippen LogP) is 1.70.